The van der Waals surface area contributed by atoms with Crippen molar-refractivity contribution < 1.29 is 28.6 Å². The third-order valence-corrected chi connectivity index (χ3v) is 14.6. The number of esters is 3. The maximum Gasteiger partial charge on any atom is 0.306 e. The Morgan fingerprint density at radius 2 is 0.500 bits per heavy atom. The fourth-order valence-corrected chi connectivity index (χ4v) is 9.62. The van der Waals surface area contributed by atoms with Gasteiger partial charge in [-0.2, -0.15) is 0 Å². The van der Waals surface area contributed by atoms with Crippen LogP contribution in [0.5, 0.6) is 0 Å². The number of carbonyl (C=O) groups excluding carboxylic acids is 3. The number of allylic oxidation sites excluding steroid dienone is 14. The first-order chi connectivity index (χ1) is 38.5. The van der Waals surface area contributed by atoms with E-state index in [-0.39, 0.29) is 31.1 Å². The fourth-order valence-electron chi connectivity index (χ4n) is 9.62. The molecule has 0 amide bonds. The van der Waals surface area contributed by atoms with Crippen LogP contribution in [0.2, 0.25) is 0 Å². The van der Waals surface area contributed by atoms with Crippen LogP contribution < -0.4 is 0 Å². The van der Waals surface area contributed by atoms with Gasteiger partial charge in [-0.15, -0.1) is 0 Å². The van der Waals surface area contributed by atoms with Crippen LogP contribution in [0.15, 0.2) is 85.1 Å². The van der Waals surface area contributed by atoms with E-state index in [9.17, 15) is 14.4 Å². The molecular formula is C72H126O6. The molecule has 0 aliphatic rings. The molecule has 0 bridgehead atoms. The van der Waals surface area contributed by atoms with Crippen LogP contribution >= 0.6 is 0 Å². The Morgan fingerprint density at radius 1 is 0.269 bits per heavy atom. The lowest BCUT2D eigenvalue weighted by Gasteiger charge is -2.18. The zero-order valence-electron chi connectivity index (χ0n) is 51.7. The lowest BCUT2D eigenvalue weighted by molar-refractivity contribution is -0.167. The number of rotatable bonds is 61. The molecule has 0 aliphatic carbocycles. The number of hydrogen-bond donors (Lipinski definition) is 0. The number of unbranched alkanes of at least 4 members (excludes halogenated alkanes) is 36. The van der Waals surface area contributed by atoms with E-state index in [1.54, 1.807) is 0 Å². The summed E-state index contributed by atoms with van der Waals surface area (Å²) in [5.74, 6) is -0.872. The van der Waals surface area contributed by atoms with Gasteiger partial charge in [0.1, 0.15) is 13.2 Å². The van der Waals surface area contributed by atoms with Crippen LogP contribution in [0.4, 0.5) is 0 Å². The average Bonchev–Trinajstić information content (AvgIpc) is 3.44. The molecule has 6 nitrogen and oxygen atoms in total. The molecule has 0 aromatic rings. The zero-order valence-corrected chi connectivity index (χ0v) is 51.7. The van der Waals surface area contributed by atoms with Crippen molar-refractivity contribution in [3.63, 3.8) is 0 Å². The summed E-state index contributed by atoms with van der Waals surface area (Å²) in [4.78, 5) is 38.3. The van der Waals surface area contributed by atoms with Crippen molar-refractivity contribution in [2.75, 3.05) is 13.2 Å². The van der Waals surface area contributed by atoms with E-state index in [1.807, 2.05) is 0 Å². The van der Waals surface area contributed by atoms with Crippen LogP contribution in [-0.2, 0) is 28.6 Å². The standard InChI is InChI=1S/C72H126O6/c1-4-7-10-13-16-19-22-24-26-28-30-32-34-35-36-37-39-40-42-44-46-48-50-53-56-59-62-65-71(74)77-68-69(67-76-70(73)64-61-58-55-52-21-18-15-12-9-6-3)78-72(75)66-63-60-57-54-51-49-47-45-43-41-38-33-31-29-27-25-23-20-17-14-11-8-5-2/h7,10,16,19,24,26,29-32,35-36,39-40,69H,4-6,8-9,11-15,17-18,20-23,25,27-28,33-34,37-38,41-68H2,1-3H3/b10-7-,19-16-,26-24-,31-29-,32-30-,36-35-,40-39-. The SMILES string of the molecule is CC/C=C\C/C=C\C/C=C\C/C=C\C/C=C\C/C=C\CCCCCCCCCCC(=O)OCC(COC(=O)CCCCCCCCCCCC)OC(=O)CCCCCCCCCCCCC/C=C\CCCCCCCCCC. The Hall–Kier alpha value is -3.41. The summed E-state index contributed by atoms with van der Waals surface area (Å²) in [6, 6.07) is 0. The Bertz CT molecular complexity index is 1480. The van der Waals surface area contributed by atoms with Crippen LogP contribution in [-0.4, -0.2) is 37.2 Å². The van der Waals surface area contributed by atoms with Gasteiger partial charge in [-0.25, -0.2) is 0 Å². The third kappa shape index (κ3) is 63.4. The Balaban J connectivity index is 4.24. The van der Waals surface area contributed by atoms with Gasteiger partial charge in [-0.1, -0.05) is 305 Å². The quantitative estimate of drug-likeness (QED) is 0.0261. The van der Waals surface area contributed by atoms with Crippen molar-refractivity contribution in [3.8, 4) is 0 Å². The minimum atomic E-state index is -0.779. The van der Waals surface area contributed by atoms with E-state index in [4.69, 9.17) is 14.2 Å². The molecule has 1 atom stereocenters. The van der Waals surface area contributed by atoms with Crippen molar-refractivity contribution in [2.45, 2.75) is 341 Å². The molecule has 78 heavy (non-hydrogen) atoms. The van der Waals surface area contributed by atoms with Crippen molar-refractivity contribution in [2.24, 2.45) is 0 Å². The third-order valence-electron chi connectivity index (χ3n) is 14.6. The van der Waals surface area contributed by atoms with Gasteiger partial charge >= 0.3 is 17.9 Å². The highest BCUT2D eigenvalue weighted by atomic mass is 16.6. The average molecular weight is 1090 g/mol. The van der Waals surface area contributed by atoms with E-state index >= 15 is 0 Å². The maximum atomic E-state index is 12.9. The highest BCUT2D eigenvalue weighted by Crippen LogP contribution is 2.17. The molecule has 450 valence electrons. The second kappa shape index (κ2) is 66.1. The van der Waals surface area contributed by atoms with E-state index in [0.717, 1.165) is 103 Å². The first-order valence-corrected chi connectivity index (χ1v) is 33.6. The summed E-state index contributed by atoms with van der Waals surface area (Å²) in [5, 5.41) is 0. The van der Waals surface area contributed by atoms with Gasteiger partial charge < -0.3 is 14.2 Å². The molecule has 0 rings (SSSR count). The minimum Gasteiger partial charge on any atom is -0.462 e. The largest absolute Gasteiger partial charge is 0.462 e. The first-order valence-electron chi connectivity index (χ1n) is 33.6. The van der Waals surface area contributed by atoms with Crippen molar-refractivity contribution >= 4 is 17.9 Å². The molecule has 0 saturated heterocycles. The fraction of sp³-hybridized carbons (Fsp3) is 0.764. The highest BCUT2D eigenvalue weighted by Gasteiger charge is 2.19. The summed E-state index contributed by atoms with van der Waals surface area (Å²) in [6.45, 7) is 6.54. The van der Waals surface area contributed by atoms with Crippen molar-refractivity contribution in [3.05, 3.63) is 85.1 Å². The van der Waals surface area contributed by atoms with Crippen LogP contribution in [0.1, 0.15) is 335 Å². The van der Waals surface area contributed by atoms with Crippen LogP contribution in [0, 0.1) is 0 Å². The summed E-state index contributed by atoms with van der Waals surface area (Å²) < 4.78 is 16.9. The monoisotopic (exact) mass is 1090 g/mol. The second-order valence-electron chi connectivity index (χ2n) is 22.4. The molecule has 0 heterocycles. The Labute approximate surface area is 484 Å². The zero-order chi connectivity index (χ0) is 56.4. The summed E-state index contributed by atoms with van der Waals surface area (Å²) in [5.41, 5.74) is 0. The molecule has 0 N–H and O–H groups in total. The molecule has 6 heteroatoms. The number of carbonyl (C=O) groups is 3. The van der Waals surface area contributed by atoms with Gasteiger partial charge in [0, 0.05) is 19.3 Å². The Morgan fingerprint density at radius 3 is 0.795 bits per heavy atom. The lowest BCUT2D eigenvalue weighted by Crippen LogP contribution is -2.30. The van der Waals surface area contributed by atoms with Crippen molar-refractivity contribution in [1.29, 1.82) is 0 Å². The summed E-state index contributed by atoms with van der Waals surface area (Å²) in [7, 11) is 0. The predicted molar refractivity (Wildman–Crippen MR) is 339 cm³/mol. The molecule has 0 aliphatic heterocycles. The Kier molecular flexibility index (Phi) is 63.2. The van der Waals surface area contributed by atoms with E-state index in [0.29, 0.717) is 19.3 Å². The van der Waals surface area contributed by atoms with Crippen molar-refractivity contribution in [1.82, 2.24) is 0 Å². The topological polar surface area (TPSA) is 78.9 Å². The van der Waals surface area contributed by atoms with Gasteiger partial charge in [0.15, 0.2) is 6.10 Å². The molecular weight excluding hydrogens is 961 g/mol. The van der Waals surface area contributed by atoms with Gasteiger partial charge in [-0.05, 0) is 96.3 Å². The molecule has 0 aromatic carbocycles. The second-order valence-corrected chi connectivity index (χ2v) is 22.4. The van der Waals surface area contributed by atoms with E-state index < -0.39 is 6.10 Å². The smallest absolute Gasteiger partial charge is 0.306 e. The summed E-state index contributed by atoms with van der Waals surface area (Å²) in [6.07, 6.45) is 87.4. The minimum absolute atomic E-state index is 0.0759. The molecule has 0 aromatic heterocycles. The van der Waals surface area contributed by atoms with E-state index in [2.05, 4.69) is 106 Å². The van der Waals surface area contributed by atoms with E-state index in [1.165, 1.54) is 193 Å². The lowest BCUT2D eigenvalue weighted by atomic mass is 10.0. The first kappa shape index (κ1) is 74.6. The molecule has 0 fully saturated rings. The number of hydrogen-bond acceptors (Lipinski definition) is 6. The molecule has 0 spiro atoms. The highest BCUT2D eigenvalue weighted by molar-refractivity contribution is 5.71. The molecule has 0 radical (unpaired) electrons. The molecule has 1 unspecified atom stereocenters. The van der Waals surface area contributed by atoms with Crippen LogP contribution in [0.3, 0.4) is 0 Å². The summed E-state index contributed by atoms with van der Waals surface area (Å²) >= 11 is 0. The van der Waals surface area contributed by atoms with Gasteiger partial charge in [-0.3, -0.25) is 14.4 Å². The van der Waals surface area contributed by atoms with Gasteiger partial charge in [0.05, 0.1) is 0 Å². The molecule has 0 saturated carbocycles. The maximum absolute atomic E-state index is 12.9. The number of ether oxygens (including phenoxy) is 3. The van der Waals surface area contributed by atoms with Gasteiger partial charge in [0.25, 0.3) is 0 Å². The predicted octanol–water partition coefficient (Wildman–Crippen LogP) is 23.1. The normalized spacial score (nSPS) is 12.6. The van der Waals surface area contributed by atoms with Crippen LogP contribution in [0.25, 0.3) is 0 Å². The van der Waals surface area contributed by atoms with Gasteiger partial charge in [0.2, 0.25) is 0 Å².